The molecule has 0 aliphatic carbocycles. The number of aliphatic carboxylic acids is 1. The van der Waals surface area contributed by atoms with E-state index in [4.69, 9.17) is 5.11 Å². The summed E-state index contributed by atoms with van der Waals surface area (Å²) in [6, 6.07) is 1.61. The minimum atomic E-state index is -0.963. The maximum absolute atomic E-state index is 12.0. The largest absolute Gasteiger partial charge is 0.481 e. The Morgan fingerprint density at radius 2 is 2.07 bits per heavy atom. The van der Waals surface area contributed by atoms with Crippen molar-refractivity contribution in [2.45, 2.75) is 19.8 Å². The van der Waals surface area contributed by atoms with E-state index < -0.39 is 12.0 Å². The van der Waals surface area contributed by atoms with E-state index in [1.807, 2.05) is 0 Å². The summed E-state index contributed by atoms with van der Waals surface area (Å²) in [4.78, 5) is 35.8. The third-order valence-electron chi connectivity index (χ3n) is 4.04. The zero-order valence-corrected chi connectivity index (χ0v) is 16.6. The zero-order chi connectivity index (χ0) is 18.5. The SMILES string of the molecule is CCc1cc2c(N3CCNCC3)nc(NC(=O)NCCC(=O)O)nc2s1.Cl. The summed E-state index contributed by atoms with van der Waals surface area (Å²) in [6.45, 7) is 5.59. The van der Waals surface area contributed by atoms with Crippen LogP contribution in [0.25, 0.3) is 10.2 Å². The number of aromatic nitrogens is 2. The van der Waals surface area contributed by atoms with E-state index in [0.717, 1.165) is 48.6 Å². The van der Waals surface area contributed by atoms with Gasteiger partial charge in [-0.05, 0) is 12.5 Å². The highest BCUT2D eigenvalue weighted by Crippen LogP contribution is 2.32. The third kappa shape index (κ3) is 5.41. The van der Waals surface area contributed by atoms with Crippen molar-refractivity contribution in [3.63, 3.8) is 0 Å². The molecular weight excluding hydrogens is 392 g/mol. The van der Waals surface area contributed by atoms with Gasteiger partial charge in [0.2, 0.25) is 5.95 Å². The lowest BCUT2D eigenvalue weighted by atomic mass is 10.2. The number of carbonyl (C=O) groups is 2. The summed E-state index contributed by atoms with van der Waals surface area (Å²) in [5, 5.41) is 18.1. The van der Waals surface area contributed by atoms with Crippen LogP contribution in [-0.2, 0) is 11.2 Å². The first-order valence-electron chi connectivity index (χ1n) is 8.59. The number of anilines is 2. The number of fused-ring (bicyclic) bond motifs is 1. The molecule has 1 fully saturated rings. The molecule has 1 saturated heterocycles. The van der Waals surface area contributed by atoms with Crippen molar-refractivity contribution in [3.05, 3.63) is 10.9 Å². The molecule has 2 aromatic heterocycles. The average Bonchev–Trinajstić information content (AvgIpc) is 3.04. The maximum Gasteiger partial charge on any atom is 0.321 e. The molecule has 0 spiro atoms. The molecule has 11 heteroatoms. The van der Waals surface area contributed by atoms with E-state index in [2.05, 4.69) is 43.8 Å². The molecule has 3 heterocycles. The van der Waals surface area contributed by atoms with E-state index in [1.54, 1.807) is 11.3 Å². The van der Waals surface area contributed by atoms with Crippen LogP contribution in [-0.4, -0.2) is 59.8 Å². The highest BCUT2D eigenvalue weighted by atomic mass is 35.5. The summed E-state index contributed by atoms with van der Waals surface area (Å²) in [5.74, 6) is 0.0892. The highest BCUT2D eigenvalue weighted by Gasteiger charge is 2.19. The van der Waals surface area contributed by atoms with Gasteiger partial charge in [-0.15, -0.1) is 23.7 Å². The van der Waals surface area contributed by atoms with Crippen molar-refractivity contribution in [1.82, 2.24) is 20.6 Å². The van der Waals surface area contributed by atoms with Gasteiger partial charge >= 0.3 is 12.0 Å². The molecule has 1 aliphatic rings. The third-order valence-corrected chi connectivity index (χ3v) is 5.21. The number of halogens is 1. The van der Waals surface area contributed by atoms with Crippen molar-refractivity contribution >= 4 is 57.7 Å². The number of carbonyl (C=O) groups excluding carboxylic acids is 1. The molecule has 27 heavy (non-hydrogen) atoms. The molecule has 1 aliphatic heterocycles. The summed E-state index contributed by atoms with van der Waals surface area (Å²) in [5.41, 5.74) is 0. The van der Waals surface area contributed by atoms with Crippen LogP contribution in [0.5, 0.6) is 0 Å². The van der Waals surface area contributed by atoms with Crippen molar-refractivity contribution < 1.29 is 14.7 Å². The van der Waals surface area contributed by atoms with Gasteiger partial charge in [0.1, 0.15) is 10.6 Å². The number of carboxylic acid groups (broad SMARTS) is 1. The standard InChI is InChI=1S/C16H22N6O3S.ClH/c1-2-10-9-11-13(22-7-5-17-6-8-22)19-15(20-14(11)26-10)21-16(25)18-4-3-12(23)24;/h9,17H,2-8H2,1H3,(H,23,24)(H2,18,19,20,21,25);1H. The van der Waals surface area contributed by atoms with Gasteiger partial charge in [0.15, 0.2) is 0 Å². The monoisotopic (exact) mass is 414 g/mol. The molecule has 0 aromatic carbocycles. The Balaban J connectivity index is 0.00000261. The number of hydrogen-bond acceptors (Lipinski definition) is 7. The molecule has 148 valence electrons. The Kier molecular flexibility index (Phi) is 7.57. The molecule has 0 saturated carbocycles. The number of rotatable bonds is 6. The summed E-state index contributed by atoms with van der Waals surface area (Å²) in [6.07, 6.45) is 0.782. The summed E-state index contributed by atoms with van der Waals surface area (Å²) < 4.78 is 0. The lowest BCUT2D eigenvalue weighted by Crippen LogP contribution is -2.44. The molecule has 3 rings (SSSR count). The molecule has 0 atom stereocenters. The molecule has 0 bridgehead atoms. The second-order valence-electron chi connectivity index (χ2n) is 5.92. The van der Waals surface area contributed by atoms with E-state index in [0.29, 0.717) is 0 Å². The zero-order valence-electron chi connectivity index (χ0n) is 14.9. The van der Waals surface area contributed by atoms with Gasteiger partial charge in [-0.25, -0.2) is 9.78 Å². The molecule has 9 nitrogen and oxygen atoms in total. The predicted molar refractivity (Wildman–Crippen MR) is 108 cm³/mol. The smallest absolute Gasteiger partial charge is 0.321 e. The number of piperazine rings is 1. The highest BCUT2D eigenvalue weighted by molar-refractivity contribution is 7.18. The average molecular weight is 415 g/mol. The molecule has 0 unspecified atom stereocenters. The fourth-order valence-corrected chi connectivity index (χ4v) is 3.69. The maximum atomic E-state index is 12.0. The second-order valence-corrected chi connectivity index (χ2v) is 7.03. The first-order valence-corrected chi connectivity index (χ1v) is 9.41. The van der Waals surface area contributed by atoms with Crippen LogP contribution in [0.4, 0.5) is 16.6 Å². The van der Waals surface area contributed by atoms with Crippen LogP contribution in [0.15, 0.2) is 6.07 Å². The molecule has 2 aromatic rings. The number of nitrogens with one attached hydrogen (secondary N) is 3. The molecule has 0 radical (unpaired) electrons. The Morgan fingerprint density at radius 3 is 2.74 bits per heavy atom. The minimum Gasteiger partial charge on any atom is -0.481 e. The Morgan fingerprint density at radius 1 is 1.33 bits per heavy atom. The fraction of sp³-hybridized carbons (Fsp3) is 0.500. The van der Waals surface area contributed by atoms with E-state index in [-0.39, 0.29) is 31.3 Å². The lowest BCUT2D eigenvalue weighted by Gasteiger charge is -2.29. The van der Waals surface area contributed by atoms with Crippen molar-refractivity contribution in [2.24, 2.45) is 0 Å². The summed E-state index contributed by atoms with van der Waals surface area (Å²) >= 11 is 1.60. The van der Waals surface area contributed by atoms with Crippen molar-refractivity contribution in [2.75, 3.05) is 42.9 Å². The normalized spacial score (nSPS) is 13.9. The number of hydrogen-bond donors (Lipinski definition) is 4. The number of nitrogens with zero attached hydrogens (tertiary/aromatic N) is 3. The van der Waals surface area contributed by atoms with E-state index >= 15 is 0 Å². The van der Waals surface area contributed by atoms with Gasteiger partial charge in [0.25, 0.3) is 0 Å². The Labute approximate surface area is 167 Å². The number of amides is 2. The minimum absolute atomic E-state index is 0. The van der Waals surface area contributed by atoms with Crippen LogP contribution in [0, 0.1) is 0 Å². The first kappa shape index (κ1) is 21.1. The van der Waals surface area contributed by atoms with Gasteiger partial charge in [-0.2, -0.15) is 4.98 Å². The van der Waals surface area contributed by atoms with Crippen molar-refractivity contribution in [1.29, 1.82) is 0 Å². The van der Waals surface area contributed by atoms with E-state index in [1.165, 1.54) is 4.88 Å². The van der Waals surface area contributed by atoms with E-state index in [9.17, 15) is 9.59 Å². The number of thiophene rings is 1. The lowest BCUT2D eigenvalue weighted by molar-refractivity contribution is -0.136. The molecular formula is C16H23ClN6O3S. The molecule has 4 N–H and O–H groups in total. The summed E-state index contributed by atoms with van der Waals surface area (Å²) in [7, 11) is 0. The fourth-order valence-electron chi connectivity index (χ4n) is 2.73. The van der Waals surface area contributed by atoms with Crippen LogP contribution in [0.2, 0.25) is 0 Å². The number of carboxylic acids is 1. The Bertz CT molecular complexity index is 809. The van der Waals surface area contributed by atoms with Gasteiger partial charge < -0.3 is 20.6 Å². The predicted octanol–water partition coefficient (Wildman–Crippen LogP) is 1.68. The number of urea groups is 1. The van der Waals surface area contributed by atoms with Crippen molar-refractivity contribution in [3.8, 4) is 0 Å². The van der Waals surface area contributed by atoms with Gasteiger partial charge in [0.05, 0.1) is 11.8 Å². The van der Waals surface area contributed by atoms with Gasteiger partial charge in [-0.1, -0.05) is 6.92 Å². The Hall–Kier alpha value is -2.17. The van der Waals surface area contributed by atoms with Crippen LogP contribution >= 0.6 is 23.7 Å². The number of aryl methyl sites for hydroxylation is 1. The van der Waals surface area contributed by atoms with Gasteiger partial charge in [0, 0.05) is 37.6 Å². The van der Waals surface area contributed by atoms with Crippen LogP contribution in [0.1, 0.15) is 18.2 Å². The quantitative estimate of drug-likeness (QED) is 0.567. The van der Waals surface area contributed by atoms with Gasteiger partial charge in [-0.3, -0.25) is 10.1 Å². The topological polar surface area (TPSA) is 119 Å². The van der Waals surface area contributed by atoms with Crippen LogP contribution < -0.4 is 20.9 Å². The second kappa shape index (κ2) is 9.67. The molecule has 2 amide bonds. The van der Waals surface area contributed by atoms with Crippen LogP contribution in [0.3, 0.4) is 0 Å². The first-order chi connectivity index (χ1) is 12.6.